The first-order valence-corrected chi connectivity index (χ1v) is 18.4. The van der Waals surface area contributed by atoms with Crippen LogP contribution in [0, 0.1) is 0 Å². The molecule has 3 aliphatic rings. The van der Waals surface area contributed by atoms with Crippen LogP contribution in [0.4, 0.5) is 5.69 Å². The van der Waals surface area contributed by atoms with E-state index in [4.69, 9.17) is 0 Å². The Kier molecular flexibility index (Phi) is 6.74. The summed E-state index contributed by atoms with van der Waals surface area (Å²) in [7, 11) is 0. The van der Waals surface area contributed by atoms with Gasteiger partial charge < -0.3 is 10.6 Å². The maximum Gasteiger partial charge on any atom is 0.104 e. The van der Waals surface area contributed by atoms with Gasteiger partial charge in [0.25, 0.3) is 0 Å². The van der Waals surface area contributed by atoms with Gasteiger partial charge in [-0.3, -0.25) is 5.32 Å². The molecule has 3 atom stereocenters. The lowest BCUT2D eigenvalue weighted by Gasteiger charge is -2.34. The Morgan fingerprint density at radius 3 is 2.16 bits per heavy atom. The molecule has 0 fully saturated rings. The van der Waals surface area contributed by atoms with E-state index in [0.717, 1.165) is 5.70 Å². The van der Waals surface area contributed by atoms with Gasteiger partial charge in [0.05, 0.1) is 11.7 Å². The summed E-state index contributed by atoms with van der Waals surface area (Å²) in [6.07, 6.45) is 2.28. The van der Waals surface area contributed by atoms with Crippen molar-refractivity contribution >= 4 is 44.7 Å². The second-order valence-electron chi connectivity index (χ2n) is 14.3. The predicted molar refractivity (Wildman–Crippen MR) is 210 cm³/mol. The first-order chi connectivity index (χ1) is 24.5. The van der Waals surface area contributed by atoms with Crippen molar-refractivity contribution in [1.82, 2.24) is 10.6 Å². The number of hydrogen-bond donors (Lipinski definition) is 3. The molecule has 1 aliphatic carbocycles. The van der Waals surface area contributed by atoms with Crippen LogP contribution in [0.15, 0.2) is 157 Å². The third-order valence-electron chi connectivity index (χ3n) is 11.0. The van der Waals surface area contributed by atoms with Crippen LogP contribution in [0.3, 0.4) is 0 Å². The first-order valence-electron chi connectivity index (χ1n) is 17.5. The van der Waals surface area contributed by atoms with Crippen LogP contribution >= 0.6 is 11.8 Å². The van der Waals surface area contributed by atoms with Gasteiger partial charge in [0.1, 0.15) is 11.5 Å². The Morgan fingerprint density at radius 2 is 1.30 bits per heavy atom. The van der Waals surface area contributed by atoms with Crippen LogP contribution in [-0.2, 0) is 5.41 Å². The maximum absolute atomic E-state index is 3.99. The van der Waals surface area contributed by atoms with Gasteiger partial charge in [-0.15, -0.1) is 0 Å². The maximum atomic E-state index is 3.99. The van der Waals surface area contributed by atoms with E-state index >= 15 is 0 Å². The number of nitrogens with one attached hydrogen (secondary N) is 3. The highest BCUT2D eigenvalue weighted by molar-refractivity contribution is 8.00. The average molecular weight is 664 g/mol. The summed E-state index contributed by atoms with van der Waals surface area (Å²) >= 11 is 1.90. The number of benzene rings is 7. The standard InChI is InChI=1S/C46H37N3S/c1-46(2)37-16-10-9-15-35(37)36-23-19-32(26-38(36)46)40-27-39(28-11-5-3-6-12-28)47-44(48-40)33-20-22-34-31(25-33)18-17-29-21-24-41-43(42(29)34)49-45(50-41)30-13-7-4-8-14-30/h3-27,40,44-45,47-49H,1-2H3. The molecule has 0 aromatic heterocycles. The van der Waals surface area contributed by atoms with Crippen molar-refractivity contribution in [1.29, 1.82) is 0 Å². The van der Waals surface area contributed by atoms with Gasteiger partial charge in [0.15, 0.2) is 0 Å². The second kappa shape index (κ2) is 11.4. The summed E-state index contributed by atoms with van der Waals surface area (Å²) in [6.45, 7) is 4.71. The molecule has 10 rings (SSSR count). The lowest BCUT2D eigenvalue weighted by Crippen LogP contribution is -2.39. The highest BCUT2D eigenvalue weighted by atomic mass is 32.2. The Hall–Kier alpha value is -5.29. The van der Waals surface area contributed by atoms with Crippen LogP contribution in [-0.4, -0.2) is 0 Å². The topological polar surface area (TPSA) is 36.1 Å². The lowest BCUT2D eigenvalue weighted by atomic mass is 9.81. The minimum Gasteiger partial charge on any atom is -0.368 e. The number of rotatable bonds is 4. The molecule has 0 spiro atoms. The van der Waals surface area contributed by atoms with Crippen molar-refractivity contribution in [2.24, 2.45) is 0 Å². The minimum atomic E-state index is -0.0728. The monoisotopic (exact) mass is 663 g/mol. The summed E-state index contributed by atoms with van der Waals surface area (Å²) in [4.78, 5) is 1.31. The Balaban J connectivity index is 1.03. The van der Waals surface area contributed by atoms with Crippen LogP contribution in [0.5, 0.6) is 0 Å². The molecule has 7 aromatic rings. The van der Waals surface area contributed by atoms with Crippen LogP contribution < -0.4 is 16.0 Å². The third kappa shape index (κ3) is 4.70. The average Bonchev–Trinajstić information content (AvgIpc) is 3.71. The number of anilines is 1. The van der Waals surface area contributed by atoms with Crippen LogP contribution in [0.1, 0.15) is 64.8 Å². The van der Waals surface area contributed by atoms with E-state index in [1.165, 1.54) is 76.6 Å². The second-order valence-corrected chi connectivity index (χ2v) is 15.4. The highest BCUT2D eigenvalue weighted by Crippen LogP contribution is 2.51. The number of hydrogen-bond acceptors (Lipinski definition) is 4. The third-order valence-corrected chi connectivity index (χ3v) is 12.2. The van der Waals surface area contributed by atoms with Crippen molar-refractivity contribution in [3.63, 3.8) is 0 Å². The molecule has 3 unspecified atom stereocenters. The molecule has 50 heavy (non-hydrogen) atoms. The fourth-order valence-electron chi connectivity index (χ4n) is 8.37. The molecule has 3 nitrogen and oxygen atoms in total. The molecular weight excluding hydrogens is 627 g/mol. The molecule has 7 aromatic carbocycles. The molecule has 0 saturated heterocycles. The molecule has 0 saturated carbocycles. The summed E-state index contributed by atoms with van der Waals surface area (Å²) in [5, 5.41) is 17.0. The van der Waals surface area contributed by atoms with Gasteiger partial charge in [-0.2, -0.15) is 0 Å². The van der Waals surface area contributed by atoms with E-state index in [0.29, 0.717) is 0 Å². The van der Waals surface area contributed by atoms with Crippen molar-refractivity contribution in [3.05, 3.63) is 185 Å². The largest absolute Gasteiger partial charge is 0.368 e. The van der Waals surface area contributed by atoms with E-state index in [1.807, 2.05) is 11.8 Å². The molecule has 4 heteroatoms. The Morgan fingerprint density at radius 1 is 0.580 bits per heavy atom. The highest BCUT2D eigenvalue weighted by Gasteiger charge is 2.36. The summed E-state index contributed by atoms with van der Waals surface area (Å²) < 4.78 is 0. The zero-order valence-corrected chi connectivity index (χ0v) is 28.9. The van der Waals surface area contributed by atoms with E-state index in [-0.39, 0.29) is 23.0 Å². The quantitative estimate of drug-likeness (QED) is 0.164. The predicted octanol–water partition coefficient (Wildman–Crippen LogP) is 11.5. The van der Waals surface area contributed by atoms with Gasteiger partial charge >= 0.3 is 0 Å². The van der Waals surface area contributed by atoms with Gasteiger partial charge in [-0.05, 0) is 78.9 Å². The van der Waals surface area contributed by atoms with Gasteiger partial charge in [-0.25, -0.2) is 0 Å². The van der Waals surface area contributed by atoms with Gasteiger partial charge in [0.2, 0.25) is 0 Å². The summed E-state index contributed by atoms with van der Waals surface area (Å²) in [5.41, 5.74) is 12.8. The van der Waals surface area contributed by atoms with Crippen LogP contribution in [0.25, 0.3) is 38.4 Å². The molecule has 3 N–H and O–H groups in total. The lowest BCUT2D eigenvalue weighted by molar-refractivity contribution is 0.442. The molecule has 0 radical (unpaired) electrons. The van der Waals surface area contributed by atoms with Crippen molar-refractivity contribution < 1.29 is 0 Å². The van der Waals surface area contributed by atoms with Crippen molar-refractivity contribution in [2.45, 2.75) is 41.7 Å². The van der Waals surface area contributed by atoms with E-state index in [9.17, 15) is 0 Å². The molecule has 2 aliphatic heterocycles. The molecule has 0 bridgehead atoms. The fourth-order valence-corrected chi connectivity index (χ4v) is 9.52. The molecular formula is C46H37N3S. The van der Waals surface area contributed by atoms with E-state index in [2.05, 4.69) is 181 Å². The fraction of sp³-hybridized carbons (Fsp3) is 0.130. The number of fused-ring (bicyclic) bond motifs is 8. The molecule has 0 amide bonds. The molecule has 2 heterocycles. The first kappa shape index (κ1) is 29.6. The van der Waals surface area contributed by atoms with Crippen molar-refractivity contribution in [3.8, 4) is 11.1 Å². The Bertz CT molecular complexity index is 2480. The minimum absolute atomic E-state index is 0.0352. The normalized spacial score (nSPS) is 20.0. The Labute approximate surface area is 297 Å². The smallest absolute Gasteiger partial charge is 0.104 e. The van der Waals surface area contributed by atoms with Crippen LogP contribution in [0.2, 0.25) is 0 Å². The summed E-state index contributed by atoms with van der Waals surface area (Å²) in [5.74, 6) is 0. The van der Waals surface area contributed by atoms with Gasteiger partial charge in [-0.1, -0.05) is 159 Å². The number of thioether (sulfide) groups is 1. The zero-order chi connectivity index (χ0) is 33.4. The van der Waals surface area contributed by atoms with Crippen molar-refractivity contribution in [2.75, 3.05) is 5.32 Å². The SMILES string of the molecule is CC1(C)c2ccccc2-c2ccc(C3C=C(c4ccccc4)NC(c4ccc5c(ccc6ccc7c(c65)NC(c5ccccc5)S7)c4)N3)cc21. The van der Waals surface area contributed by atoms with E-state index in [1.54, 1.807) is 0 Å². The zero-order valence-electron chi connectivity index (χ0n) is 28.1. The van der Waals surface area contributed by atoms with Gasteiger partial charge in [0, 0.05) is 21.4 Å². The molecule has 242 valence electrons. The van der Waals surface area contributed by atoms with E-state index < -0.39 is 0 Å². The summed E-state index contributed by atoms with van der Waals surface area (Å²) in [6, 6.07) is 53.5.